The van der Waals surface area contributed by atoms with Crippen LogP contribution in [0.5, 0.6) is 0 Å². The third kappa shape index (κ3) is 7.97. The number of rotatable bonds is 10. The Balaban J connectivity index is 0.00000450. The molecule has 168 valence electrons. The van der Waals surface area contributed by atoms with E-state index in [0.29, 0.717) is 0 Å². The molecular weight excluding hydrogens is 527 g/mol. The molecule has 0 atom stereocenters. The van der Waals surface area contributed by atoms with E-state index in [2.05, 4.69) is 65.3 Å². The Morgan fingerprint density at radius 1 is 0.767 bits per heavy atom. The van der Waals surface area contributed by atoms with Gasteiger partial charge in [-0.15, -0.1) is 0 Å². The summed E-state index contributed by atoms with van der Waals surface area (Å²) >= 11 is 13.3. The molecule has 0 saturated carbocycles. The molecule has 0 aromatic rings. The summed E-state index contributed by atoms with van der Waals surface area (Å²) in [4.78, 5) is 0. The van der Waals surface area contributed by atoms with E-state index in [1.807, 2.05) is 0 Å². The van der Waals surface area contributed by atoms with E-state index in [-0.39, 0.29) is 31.6 Å². The normalized spacial score (nSPS) is 18.1. The summed E-state index contributed by atoms with van der Waals surface area (Å²) in [5.74, 6) is 0. The molecular formula is C23H38Cl2O2Si2Zr. The van der Waals surface area contributed by atoms with Crippen LogP contribution in [0.3, 0.4) is 0 Å². The van der Waals surface area contributed by atoms with Gasteiger partial charge in [0.2, 0.25) is 0 Å². The number of halogens is 2. The van der Waals surface area contributed by atoms with Crippen molar-refractivity contribution in [3.8, 4) is 0 Å². The van der Waals surface area contributed by atoms with Crippen molar-refractivity contribution in [2.24, 2.45) is 5.41 Å². The van der Waals surface area contributed by atoms with Gasteiger partial charge in [0.1, 0.15) is 0 Å². The van der Waals surface area contributed by atoms with Crippen molar-refractivity contribution in [2.75, 3.05) is 13.2 Å². The first-order valence-electron chi connectivity index (χ1n) is 10.7. The van der Waals surface area contributed by atoms with Crippen LogP contribution in [0.4, 0.5) is 0 Å². The van der Waals surface area contributed by atoms with Gasteiger partial charge in [0.05, 0.1) is 0 Å². The van der Waals surface area contributed by atoms with E-state index in [9.17, 15) is 0 Å². The maximum atomic E-state index is 6.64. The Bertz CT molecular complexity index is 692. The maximum Gasteiger partial charge on any atom is 0.183 e. The molecule has 0 heterocycles. The van der Waals surface area contributed by atoms with E-state index in [4.69, 9.17) is 32.1 Å². The van der Waals surface area contributed by atoms with Gasteiger partial charge in [0.25, 0.3) is 0 Å². The van der Waals surface area contributed by atoms with Gasteiger partial charge < -0.3 is 8.85 Å². The number of hydrogen-bond acceptors (Lipinski definition) is 2. The largest absolute Gasteiger partial charge is 0.417 e. The molecule has 0 radical (unpaired) electrons. The molecule has 0 unspecified atom stereocenters. The molecule has 0 fully saturated rings. The van der Waals surface area contributed by atoms with Crippen LogP contribution < -0.4 is 0 Å². The van der Waals surface area contributed by atoms with E-state index >= 15 is 0 Å². The molecule has 7 heteroatoms. The van der Waals surface area contributed by atoms with Gasteiger partial charge in [-0.05, 0) is 74.4 Å². The molecule has 0 amide bonds. The zero-order valence-corrected chi connectivity index (χ0v) is 25.9. The van der Waals surface area contributed by atoms with Crippen LogP contribution in [0.1, 0.15) is 39.5 Å². The van der Waals surface area contributed by atoms with Crippen LogP contribution in [0, 0.1) is 5.41 Å². The average Bonchev–Trinajstić information content (AvgIpc) is 3.10. The zero-order valence-electron chi connectivity index (χ0n) is 20.0. The minimum atomic E-state index is -1.53. The minimum absolute atomic E-state index is 0. The summed E-state index contributed by atoms with van der Waals surface area (Å²) in [7, 11) is -3.05. The fourth-order valence-electron chi connectivity index (χ4n) is 4.04. The van der Waals surface area contributed by atoms with Gasteiger partial charge in [0.15, 0.2) is 16.6 Å². The quantitative estimate of drug-likeness (QED) is 0.249. The van der Waals surface area contributed by atoms with Gasteiger partial charge in [-0.3, -0.25) is 0 Å². The predicted octanol–water partition coefficient (Wildman–Crippen LogP) is 8.14. The number of allylic oxidation sites excluding steroid dienone is 6. The third-order valence-corrected chi connectivity index (χ3v) is 8.30. The monoisotopic (exact) mass is 562 g/mol. The molecule has 2 nitrogen and oxygen atoms in total. The van der Waals surface area contributed by atoms with Crippen LogP contribution >= 0.6 is 23.2 Å². The van der Waals surface area contributed by atoms with Gasteiger partial charge in [0, 0.05) is 67.7 Å². The Morgan fingerprint density at radius 3 is 1.40 bits per heavy atom. The third-order valence-electron chi connectivity index (χ3n) is 5.40. The van der Waals surface area contributed by atoms with Gasteiger partial charge in [-0.1, -0.05) is 49.2 Å². The Labute approximate surface area is 215 Å². The van der Waals surface area contributed by atoms with Crippen molar-refractivity contribution in [1.29, 1.82) is 0 Å². The molecule has 2 aliphatic rings. The standard InChI is InChI=1S/C23H38Cl2O2Si2.Zr/c1-23(2,19-9-11-21(24)17(19)13-15-26-28(3,4)5)20-10-12-22(25)18(20)14-16-27-29(6,7)8;/h9-10H,11-16H2,1-8H3;. The Kier molecular flexibility index (Phi) is 10.8. The second kappa shape index (κ2) is 11.3. The number of hydrogen-bond donors (Lipinski definition) is 0. The Hall–Kier alpha value is 0.777. The topological polar surface area (TPSA) is 18.5 Å². The summed E-state index contributed by atoms with van der Waals surface area (Å²) in [5, 5.41) is 1.93. The molecule has 2 rings (SSSR count). The van der Waals surface area contributed by atoms with Crippen molar-refractivity contribution >= 4 is 39.8 Å². The van der Waals surface area contributed by atoms with E-state index in [1.54, 1.807) is 0 Å². The smallest absolute Gasteiger partial charge is 0.183 e. The summed E-state index contributed by atoms with van der Waals surface area (Å²) in [6, 6.07) is 0. The van der Waals surface area contributed by atoms with Crippen LogP contribution in [0.15, 0.2) is 44.5 Å². The van der Waals surface area contributed by atoms with Crippen LogP contribution in [-0.4, -0.2) is 29.8 Å². The second-order valence-corrected chi connectivity index (χ2v) is 20.4. The molecule has 0 aromatic carbocycles. The van der Waals surface area contributed by atoms with Gasteiger partial charge >= 0.3 is 0 Å². The molecule has 0 aliphatic heterocycles. The second-order valence-electron chi connectivity index (χ2n) is 10.5. The van der Waals surface area contributed by atoms with Crippen molar-refractivity contribution in [3.63, 3.8) is 0 Å². The van der Waals surface area contributed by atoms with Crippen LogP contribution in [0.2, 0.25) is 39.3 Å². The maximum absolute atomic E-state index is 6.64. The molecule has 0 N–H and O–H groups in total. The molecule has 30 heavy (non-hydrogen) atoms. The SMILES string of the molecule is CC(C)(C1=CCC(Cl)=C1CCO[Si](C)(C)C)C1=CCC(Cl)=C1CCO[Si](C)(C)C.[Zr]. The summed E-state index contributed by atoms with van der Waals surface area (Å²) in [5.41, 5.74) is 5.06. The molecule has 0 saturated heterocycles. The van der Waals surface area contributed by atoms with Gasteiger partial charge in [-0.2, -0.15) is 0 Å². The molecule has 0 bridgehead atoms. The minimum Gasteiger partial charge on any atom is -0.417 e. The van der Waals surface area contributed by atoms with Gasteiger partial charge in [-0.25, -0.2) is 0 Å². The van der Waals surface area contributed by atoms with Crippen LogP contribution in [-0.2, 0) is 35.1 Å². The van der Waals surface area contributed by atoms with Crippen molar-refractivity contribution < 1.29 is 35.1 Å². The fourth-order valence-corrected chi connectivity index (χ4v) is 6.01. The summed E-state index contributed by atoms with van der Waals surface area (Å²) in [6.45, 7) is 19.4. The first kappa shape index (κ1) is 28.8. The summed E-state index contributed by atoms with van der Waals surface area (Å²) < 4.78 is 12.2. The molecule has 0 aromatic heterocycles. The molecule has 2 aliphatic carbocycles. The first-order valence-corrected chi connectivity index (χ1v) is 18.2. The first-order chi connectivity index (χ1) is 13.2. The Morgan fingerprint density at radius 2 is 1.10 bits per heavy atom. The van der Waals surface area contributed by atoms with E-state index in [1.165, 1.54) is 22.3 Å². The van der Waals surface area contributed by atoms with Crippen LogP contribution in [0.25, 0.3) is 0 Å². The fraction of sp³-hybridized carbons (Fsp3) is 0.652. The van der Waals surface area contributed by atoms with Crippen molar-refractivity contribution in [2.45, 2.75) is 78.8 Å². The van der Waals surface area contributed by atoms with E-state index < -0.39 is 16.6 Å². The average molecular weight is 565 g/mol. The molecule has 0 spiro atoms. The van der Waals surface area contributed by atoms with Crippen molar-refractivity contribution in [3.05, 3.63) is 44.5 Å². The summed E-state index contributed by atoms with van der Waals surface area (Å²) in [6.07, 6.45) is 7.99. The van der Waals surface area contributed by atoms with E-state index in [0.717, 1.165) is 49.0 Å². The van der Waals surface area contributed by atoms with Crippen molar-refractivity contribution in [1.82, 2.24) is 0 Å². The zero-order chi connectivity index (χ0) is 22.0. The predicted molar refractivity (Wildman–Crippen MR) is 133 cm³/mol.